The Hall–Kier alpha value is -1.12. The number of aliphatic hydroxyl groups excluding tert-OH is 1. The van der Waals surface area contributed by atoms with Gasteiger partial charge < -0.3 is 9.84 Å². The average Bonchev–Trinajstić information content (AvgIpc) is 2.89. The van der Waals surface area contributed by atoms with Gasteiger partial charge in [-0.1, -0.05) is 42.8 Å². The van der Waals surface area contributed by atoms with Gasteiger partial charge in [-0.2, -0.15) is 0 Å². The zero-order valence-corrected chi connectivity index (χ0v) is 11.5. The first-order chi connectivity index (χ1) is 9.31. The first kappa shape index (κ1) is 14.3. The first-order valence-electron chi connectivity index (χ1n) is 7.22. The highest BCUT2D eigenvalue weighted by Crippen LogP contribution is 2.35. The number of rotatable bonds is 7. The fourth-order valence-electron chi connectivity index (χ4n) is 3.03. The summed E-state index contributed by atoms with van der Waals surface area (Å²) in [7, 11) is 0. The van der Waals surface area contributed by atoms with Crippen molar-refractivity contribution >= 4 is 0 Å². The van der Waals surface area contributed by atoms with Crippen LogP contribution in [0.2, 0.25) is 0 Å². The maximum atomic E-state index is 10.1. The molecule has 19 heavy (non-hydrogen) atoms. The smallest absolute Gasteiger partial charge is 0.0717 e. The largest absolute Gasteiger partial charge is 0.393 e. The van der Waals surface area contributed by atoms with Crippen molar-refractivity contribution in [2.45, 2.75) is 38.4 Å². The van der Waals surface area contributed by atoms with E-state index in [1.54, 1.807) is 0 Å². The second-order valence-electron chi connectivity index (χ2n) is 5.45. The summed E-state index contributed by atoms with van der Waals surface area (Å²) in [5.41, 5.74) is 1.21. The molecule has 0 unspecified atom stereocenters. The highest BCUT2D eigenvalue weighted by Gasteiger charge is 2.32. The summed E-state index contributed by atoms with van der Waals surface area (Å²) in [6.07, 6.45) is 5.76. The molecule has 1 aromatic rings. The number of hydrogen-bond acceptors (Lipinski definition) is 2. The quantitative estimate of drug-likeness (QED) is 0.760. The van der Waals surface area contributed by atoms with Crippen LogP contribution in [0.5, 0.6) is 0 Å². The molecule has 0 spiro atoms. The molecule has 104 valence electrons. The van der Waals surface area contributed by atoms with Crippen LogP contribution in [0.25, 0.3) is 0 Å². The van der Waals surface area contributed by atoms with Crippen LogP contribution in [-0.2, 0) is 11.3 Å². The van der Waals surface area contributed by atoms with Crippen LogP contribution in [-0.4, -0.2) is 17.8 Å². The molecular formula is C17H24O2. The minimum atomic E-state index is -0.245. The van der Waals surface area contributed by atoms with Gasteiger partial charge in [-0.3, -0.25) is 0 Å². The van der Waals surface area contributed by atoms with E-state index in [1.165, 1.54) is 18.4 Å². The third-order valence-corrected chi connectivity index (χ3v) is 4.06. The Morgan fingerprint density at radius 3 is 2.84 bits per heavy atom. The van der Waals surface area contributed by atoms with Crippen LogP contribution in [0.4, 0.5) is 0 Å². The van der Waals surface area contributed by atoms with Crippen molar-refractivity contribution in [1.29, 1.82) is 0 Å². The summed E-state index contributed by atoms with van der Waals surface area (Å²) in [6.45, 7) is 5.13. The molecule has 2 nitrogen and oxygen atoms in total. The summed E-state index contributed by atoms with van der Waals surface area (Å²) in [4.78, 5) is 0. The maximum absolute atomic E-state index is 10.1. The van der Waals surface area contributed by atoms with Gasteiger partial charge in [0.15, 0.2) is 0 Å². The van der Waals surface area contributed by atoms with Crippen molar-refractivity contribution in [2.75, 3.05) is 6.61 Å². The van der Waals surface area contributed by atoms with Crippen molar-refractivity contribution in [3.05, 3.63) is 48.6 Å². The number of benzene rings is 1. The summed E-state index contributed by atoms with van der Waals surface area (Å²) in [6, 6.07) is 10.2. The molecule has 1 aliphatic carbocycles. The van der Waals surface area contributed by atoms with E-state index in [4.69, 9.17) is 4.74 Å². The second kappa shape index (κ2) is 7.46. The third kappa shape index (κ3) is 4.19. The zero-order valence-electron chi connectivity index (χ0n) is 11.5. The van der Waals surface area contributed by atoms with Gasteiger partial charge in [-0.15, -0.1) is 6.58 Å². The van der Waals surface area contributed by atoms with Gasteiger partial charge in [0.05, 0.1) is 19.3 Å². The predicted octanol–water partition coefficient (Wildman–Crippen LogP) is 3.56. The van der Waals surface area contributed by atoms with Gasteiger partial charge in [-0.05, 0) is 36.7 Å². The lowest BCUT2D eigenvalue weighted by atomic mass is 9.89. The number of ether oxygens (including phenoxy) is 1. The van der Waals surface area contributed by atoms with Gasteiger partial charge >= 0.3 is 0 Å². The van der Waals surface area contributed by atoms with Gasteiger partial charge in [-0.25, -0.2) is 0 Å². The lowest BCUT2D eigenvalue weighted by Crippen LogP contribution is -2.26. The van der Waals surface area contributed by atoms with Crippen molar-refractivity contribution in [1.82, 2.24) is 0 Å². The molecule has 1 saturated carbocycles. The van der Waals surface area contributed by atoms with E-state index in [0.717, 1.165) is 13.0 Å². The molecule has 0 heterocycles. The Morgan fingerprint density at radius 1 is 1.32 bits per heavy atom. The van der Waals surface area contributed by atoms with E-state index in [9.17, 15) is 5.11 Å². The van der Waals surface area contributed by atoms with E-state index in [1.807, 2.05) is 24.3 Å². The minimum Gasteiger partial charge on any atom is -0.393 e. The van der Waals surface area contributed by atoms with E-state index < -0.39 is 0 Å². The Labute approximate surface area is 116 Å². The first-order valence-corrected chi connectivity index (χ1v) is 7.22. The van der Waals surface area contributed by atoms with Crippen molar-refractivity contribution in [2.24, 2.45) is 11.8 Å². The molecule has 2 heteroatoms. The van der Waals surface area contributed by atoms with Gasteiger partial charge in [0, 0.05) is 0 Å². The summed E-state index contributed by atoms with van der Waals surface area (Å²) in [5.74, 6) is 0.882. The van der Waals surface area contributed by atoms with Gasteiger partial charge in [0.25, 0.3) is 0 Å². The second-order valence-corrected chi connectivity index (χ2v) is 5.45. The lowest BCUT2D eigenvalue weighted by molar-refractivity contribution is 0.0301. The predicted molar refractivity (Wildman–Crippen MR) is 77.7 cm³/mol. The Morgan fingerprint density at radius 2 is 2.11 bits per heavy atom. The highest BCUT2D eigenvalue weighted by atomic mass is 16.5. The fourth-order valence-corrected chi connectivity index (χ4v) is 3.03. The molecule has 0 saturated heterocycles. The summed E-state index contributed by atoms with van der Waals surface area (Å²) < 4.78 is 5.83. The normalized spacial score (nSPS) is 24.3. The SMILES string of the molecule is C=CC[C@H](O)[C@@H]1CCC[C@H]1COCc1ccccc1. The van der Waals surface area contributed by atoms with Crippen LogP contribution in [0.15, 0.2) is 43.0 Å². The average molecular weight is 260 g/mol. The van der Waals surface area contributed by atoms with Crippen molar-refractivity contribution in [3.8, 4) is 0 Å². The van der Waals surface area contributed by atoms with Crippen LogP contribution < -0.4 is 0 Å². The minimum absolute atomic E-state index is 0.245. The van der Waals surface area contributed by atoms with Gasteiger partial charge in [0.2, 0.25) is 0 Å². The molecule has 0 aliphatic heterocycles. The molecule has 0 aromatic heterocycles. The van der Waals surface area contributed by atoms with E-state index >= 15 is 0 Å². The molecule has 0 radical (unpaired) electrons. The number of hydrogen-bond donors (Lipinski definition) is 1. The van der Waals surface area contributed by atoms with Crippen molar-refractivity contribution < 1.29 is 9.84 Å². The van der Waals surface area contributed by atoms with E-state index in [0.29, 0.717) is 24.9 Å². The third-order valence-electron chi connectivity index (χ3n) is 4.06. The molecule has 0 amide bonds. The summed E-state index contributed by atoms with van der Waals surface area (Å²) >= 11 is 0. The lowest BCUT2D eigenvalue weighted by Gasteiger charge is -2.24. The van der Waals surface area contributed by atoms with Crippen LogP contribution in [0.1, 0.15) is 31.2 Å². The van der Waals surface area contributed by atoms with Crippen molar-refractivity contribution in [3.63, 3.8) is 0 Å². The maximum Gasteiger partial charge on any atom is 0.0717 e. The number of aliphatic hydroxyl groups is 1. The molecule has 1 N–H and O–H groups in total. The fraction of sp³-hybridized carbons (Fsp3) is 0.529. The molecular weight excluding hydrogens is 236 g/mol. The van der Waals surface area contributed by atoms with Crippen LogP contribution >= 0.6 is 0 Å². The van der Waals surface area contributed by atoms with Crippen LogP contribution in [0, 0.1) is 11.8 Å². The molecule has 3 atom stereocenters. The molecule has 1 aromatic carbocycles. The molecule has 0 bridgehead atoms. The topological polar surface area (TPSA) is 29.5 Å². The Balaban J connectivity index is 1.77. The van der Waals surface area contributed by atoms with Gasteiger partial charge in [0.1, 0.15) is 0 Å². The monoisotopic (exact) mass is 260 g/mol. The van der Waals surface area contributed by atoms with E-state index in [2.05, 4.69) is 18.7 Å². The molecule has 1 fully saturated rings. The Kier molecular flexibility index (Phi) is 5.62. The zero-order chi connectivity index (χ0) is 13.5. The molecule has 1 aliphatic rings. The Bertz CT molecular complexity index is 374. The highest BCUT2D eigenvalue weighted by molar-refractivity contribution is 5.13. The molecule has 2 rings (SSSR count). The van der Waals surface area contributed by atoms with Crippen LogP contribution in [0.3, 0.4) is 0 Å². The van der Waals surface area contributed by atoms with E-state index in [-0.39, 0.29) is 6.10 Å². The standard InChI is InChI=1S/C17H24O2/c1-2-7-17(18)16-11-6-10-15(16)13-19-12-14-8-4-3-5-9-14/h2-5,8-9,15-18H,1,6-7,10-13H2/t15-,16+,17-/m0/s1. The summed E-state index contributed by atoms with van der Waals surface area (Å²) in [5, 5.41) is 10.1.